The summed E-state index contributed by atoms with van der Waals surface area (Å²) in [7, 11) is 5.42. The zero-order valence-corrected chi connectivity index (χ0v) is 82.3. The second-order valence-corrected chi connectivity index (χ2v) is 37.6. The van der Waals surface area contributed by atoms with Crippen molar-refractivity contribution in [2.45, 2.75) is 267 Å². The fraction of sp³-hybridized carbons (Fsp3) is 0.557. The van der Waals surface area contributed by atoms with E-state index in [1.54, 1.807) is 99.0 Å². The van der Waals surface area contributed by atoms with Gasteiger partial charge < -0.3 is 124 Å². The number of unbranched alkanes of at least 4 members (excludes halogenated alkanes) is 4. The van der Waals surface area contributed by atoms with Crippen molar-refractivity contribution in [1.82, 2.24) is 97.2 Å². The van der Waals surface area contributed by atoms with Gasteiger partial charge in [-0.15, -0.1) is 11.8 Å². The Labute approximate surface area is 822 Å². The topological polar surface area (TPSA) is 621 Å². The van der Waals surface area contributed by atoms with Crippen LogP contribution in [0, 0.1) is 5.92 Å². The van der Waals surface area contributed by atoms with Gasteiger partial charge in [0.05, 0.1) is 32.2 Å². The molecule has 43 nitrogen and oxygen atoms in total. The molecule has 0 spiro atoms. The first-order valence-electron chi connectivity index (χ1n) is 48.2. The number of aromatic nitrogens is 4. The van der Waals surface area contributed by atoms with Gasteiger partial charge in [0, 0.05) is 112 Å². The number of primary amides is 1. The van der Waals surface area contributed by atoms with Crippen LogP contribution in [0.4, 0.5) is 0 Å². The number of nitrogens with zero attached hydrogens (tertiary/aromatic N) is 7. The van der Waals surface area contributed by atoms with E-state index in [1.165, 1.54) is 67.0 Å². The maximum atomic E-state index is 16.1. The number of nitrogens with two attached hydrogens (primary N) is 3. The van der Waals surface area contributed by atoms with Gasteiger partial charge >= 0.3 is 11.9 Å². The largest absolute Gasteiger partial charge is 0.497 e. The third-order valence-electron chi connectivity index (χ3n) is 25.7. The van der Waals surface area contributed by atoms with Crippen molar-refractivity contribution in [3.05, 3.63) is 120 Å². The van der Waals surface area contributed by atoms with Crippen LogP contribution in [0.5, 0.6) is 5.75 Å². The molecule has 44 heteroatoms. The van der Waals surface area contributed by atoms with Crippen molar-refractivity contribution in [3.63, 3.8) is 0 Å². The molecule has 0 saturated carbocycles. The lowest BCUT2D eigenvalue weighted by Crippen LogP contribution is -2.61. The van der Waals surface area contributed by atoms with Crippen molar-refractivity contribution in [3.8, 4) is 5.75 Å². The van der Waals surface area contributed by atoms with Gasteiger partial charge in [-0.2, -0.15) is 0 Å². The number of aliphatic carboxylic acids is 2. The van der Waals surface area contributed by atoms with Crippen LogP contribution in [0.15, 0.2) is 97.7 Å². The summed E-state index contributed by atoms with van der Waals surface area (Å²) in [6, 6.07) is -0.499. The van der Waals surface area contributed by atoms with Gasteiger partial charge in [-0.1, -0.05) is 102 Å². The van der Waals surface area contributed by atoms with E-state index >= 15 is 38.4 Å². The summed E-state index contributed by atoms with van der Waals surface area (Å²) in [6.07, 6.45) is 7.00. The number of thioether (sulfide) groups is 1. The first-order chi connectivity index (χ1) is 67.4. The number of carboxylic acids is 2. The third-order valence-corrected chi connectivity index (χ3v) is 26.8. The summed E-state index contributed by atoms with van der Waals surface area (Å²) in [5.41, 5.74) is 20.5. The molecule has 9 rings (SSSR count). The number of nitrogens with one attached hydrogen (secondary N) is 12. The van der Waals surface area contributed by atoms with Gasteiger partial charge in [-0.25, -0.2) is 4.98 Å². The van der Waals surface area contributed by atoms with Crippen molar-refractivity contribution < 1.29 is 101 Å². The fourth-order valence-electron chi connectivity index (χ4n) is 17.9. The minimum Gasteiger partial charge on any atom is -0.497 e. The summed E-state index contributed by atoms with van der Waals surface area (Å²) < 4.78 is 6.82. The first-order valence-corrected chi connectivity index (χ1v) is 49.4. The summed E-state index contributed by atoms with van der Waals surface area (Å²) in [5.74, 6) is -17.6. The number of carbonyl (C=O) groups excluding carboxylic acids is 16. The van der Waals surface area contributed by atoms with Crippen LogP contribution in [0.25, 0.3) is 21.8 Å². The zero-order chi connectivity index (χ0) is 103. The molecule has 20 N–H and O–H groups in total. The normalized spacial score (nSPS) is 23.7. The van der Waals surface area contributed by atoms with Crippen LogP contribution in [-0.2, 0) is 119 Å². The van der Waals surface area contributed by atoms with Gasteiger partial charge in [0.15, 0.2) is 0 Å². The molecule has 3 aromatic carbocycles. The van der Waals surface area contributed by atoms with E-state index in [4.69, 9.17) is 21.9 Å². The Hall–Kier alpha value is -13.5. The molecule has 3 saturated heterocycles. The van der Waals surface area contributed by atoms with E-state index in [0.717, 1.165) is 21.6 Å². The number of fused-ring (bicyclic) bond motifs is 4. The number of rotatable bonds is 32. The van der Waals surface area contributed by atoms with Gasteiger partial charge in [-0.05, 0) is 150 Å². The van der Waals surface area contributed by atoms with Crippen molar-refractivity contribution in [1.29, 1.82) is 0 Å². The Bertz CT molecular complexity index is 5360. The Morgan fingerprint density at radius 2 is 1.06 bits per heavy atom. The molecule has 0 radical (unpaired) electrons. The van der Waals surface area contributed by atoms with E-state index < -0.39 is 222 Å². The maximum Gasteiger partial charge on any atom is 0.323 e. The van der Waals surface area contributed by atoms with Gasteiger partial charge in [0.2, 0.25) is 94.5 Å². The van der Waals surface area contributed by atoms with Crippen molar-refractivity contribution in [2.75, 3.05) is 72.5 Å². The molecule has 6 heterocycles. The molecule has 3 fully saturated rings. The summed E-state index contributed by atoms with van der Waals surface area (Å²) in [4.78, 5) is 281. The highest BCUT2D eigenvalue weighted by Crippen LogP contribution is 2.29. The molecule has 2 unspecified atom stereocenters. The molecule has 141 heavy (non-hydrogen) atoms. The Balaban J connectivity index is 1.13. The second-order valence-electron chi connectivity index (χ2n) is 36.6. The number of carbonyl (C=O) groups is 18. The number of aromatic amines is 2. The number of hydrogen-bond acceptors (Lipinski definition) is 23. The van der Waals surface area contributed by atoms with Gasteiger partial charge in [-0.3, -0.25) is 86.3 Å². The van der Waals surface area contributed by atoms with Crippen LogP contribution in [0.3, 0.4) is 0 Å². The standard InChI is InChI=1S/C97H138N22O21S/c1-10-12-29-76-90(132)108-68(42-56(3)4)87(129)113-74(85(127)103-50-80(100)120)53-141-54-81(121)105-71(43-58-34-36-62(140-9)37-35-58)93(135)114(6)57(5)84(126)111-73(47-82(122)123)96(138)119-41-23-33-78(119)92(134)110-70(46-61-49-101-55-104-61)89(131)107-67(28-19-21-39-99)95(137)118-40-22-32-77(118)91(133)109-69(44-59-48-102-65-26-16-14-24-63(59)65)88(130)106-66(27-18-20-38-98)86(128)112-72(94(136)116(8)79(30-13-11-2)97(139)115(76)7)45-60-51-117(52-83(124)125)75-31-17-15-25-64(60)75/h14-17,24-26,31,34-37,48-49,51,55-57,66-74,76-79,102H,10-13,18-23,27-30,32-33,38-47,50,52-54,98-99H2,1-9H3,(H2,100,120)(H,101,104)(H,103,127)(H,105,121)(H,106,130)(H,107,131)(H,108,132)(H,109,133)(H,110,134)(H,111,126)(H,112,128)(H,113,129)(H,122,123)(H,124,125)/t57-,66-,67-,68?,69-,70-,71-,72-,73-,74-,76-,77+,78?,79-/m0/s1. The molecule has 0 bridgehead atoms. The number of carboxylic acid groups (broad SMARTS) is 2. The summed E-state index contributed by atoms with van der Waals surface area (Å²) >= 11 is 0.802. The van der Waals surface area contributed by atoms with Crippen molar-refractivity contribution >= 4 is 140 Å². The van der Waals surface area contributed by atoms with E-state index in [0.29, 0.717) is 88.5 Å². The predicted molar refractivity (Wildman–Crippen MR) is 523 cm³/mol. The van der Waals surface area contributed by atoms with E-state index in [2.05, 4.69) is 68.1 Å². The lowest BCUT2D eigenvalue weighted by molar-refractivity contribution is -0.149. The number of likely N-dealkylation sites (N-methyl/N-ethyl adjacent to an activating group) is 3. The molecule has 768 valence electrons. The molecule has 0 aliphatic carbocycles. The number of ether oxygens (including phenoxy) is 1. The lowest BCUT2D eigenvalue weighted by Gasteiger charge is -2.36. The number of para-hydroxylation sites is 2. The van der Waals surface area contributed by atoms with Gasteiger partial charge in [0.1, 0.15) is 96.9 Å². The first kappa shape index (κ1) is 111. The quantitative estimate of drug-likeness (QED) is 0.0257. The highest BCUT2D eigenvalue weighted by Gasteiger charge is 2.46. The van der Waals surface area contributed by atoms with Crippen molar-refractivity contribution in [2.24, 2.45) is 23.1 Å². The smallest absolute Gasteiger partial charge is 0.323 e. The van der Waals surface area contributed by atoms with Crippen LogP contribution in [-0.4, -0.2) is 318 Å². The molecule has 3 aliphatic heterocycles. The molecule has 3 aromatic heterocycles. The number of imidazole rings is 1. The highest BCUT2D eigenvalue weighted by molar-refractivity contribution is 8.00. The lowest BCUT2D eigenvalue weighted by atomic mass is 9.99. The Morgan fingerprint density at radius 1 is 0.532 bits per heavy atom. The summed E-state index contributed by atoms with van der Waals surface area (Å²) in [5, 5.41) is 49.1. The number of benzene rings is 3. The van der Waals surface area contributed by atoms with Crippen LogP contribution >= 0.6 is 11.8 Å². The Kier molecular flexibility index (Phi) is 42.8. The molecule has 6 aromatic rings. The minimum absolute atomic E-state index is 0.00295. The van der Waals surface area contributed by atoms with E-state index in [9.17, 15) is 58.2 Å². The number of H-pyrrole nitrogens is 2. The molecular formula is C97H138N22O21S. The summed E-state index contributed by atoms with van der Waals surface area (Å²) in [6.45, 7) is 7.48. The monoisotopic (exact) mass is 1980 g/mol. The highest BCUT2D eigenvalue weighted by atomic mass is 32.2. The second kappa shape index (κ2) is 54.3. The minimum atomic E-state index is -1.88. The predicted octanol–water partition coefficient (Wildman–Crippen LogP) is 0.563. The fourth-order valence-corrected chi connectivity index (χ4v) is 18.7. The molecule has 14 atom stereocenters. The maximum absolute atomic E-state index is 16.1. The molecule has 3 aliphatic rings. The Morgan fingerprint density at radius 3 is 1.66 bits per heavy atom. The van der Waals surface area contributed by atoms with Crippen LogP contribution < -0.4 is 75.1 Å². The number of methoxy groups -OCH3 is 1. The third kappa shape index (κ3) is 31.5. The van der Waals surface area contributed by atoms with Crippen LogP contribution in [0.1, 0.15) is 173 Å². The van der Waals surface area contributed by atoms with E-state index in [1.807, 2.05) is 13.8 Å². The van der Waals surface area contributed by atoms with Crippen LogP contribution in [0.2, 0.25) is 0 Å². The van der Waals surface area contributed by atoms with Gasteiger partial charge in [0.25, 0.3) is 0 Å². The van der Waals surface area contributed by atoms with E-state index in [-0.39, 0.29) is 128 Å². The average Bonchev–Trinajstić information content (AvgIpc) is 1.68. The zero-order valence-electron chi connectivity index (χ0n) is 81.5. The number of amides is 16. The SMILES string of the molecule is CCCC[C@H]1C(=O)N(C)[C@@H](CCCC)C(=O)NC(CC(C)C)C(=O)N[C@H](C(=O)NCC(N)=O)CSCC(=O)N[C@@H](Cc2ccc(OC)cc2)C(=O)N(C)[C@@H](C)C(=O)N[C@@H](CC(=O)O)C(=O)N2CCCC2C(=O)N[C@@H](Cc2cnc[nH]2)C(=O)N[C@@H](CCCCN)C(=O)N2CCC[C@@H]2C(=O)N[C@@H](Cc2c[nH]c3ccccc23)C(=O)N[C@@H](CCCCN)C(=O)N[C@@H](Cc2cn(CC(=O)O)c3ccccc23)C(=O)N1C. The average molecular weight is 1980 g/mol. The number of hydrogen-bond donors (Lipinski definition) is 17. The molecular weight excluding hydrogens is 1840 g/mol. The molecule has 16 amide bonds.